The lowest BCUT2D eigenvalue weighted by molar-refractivity contribution is -0.382. The summed E-state index contributed by atoms with van der Waals surface area (Å²) in [6.07, 6.45) is -0.0926. The summed E-state index contributed by atoms with van der Waals surface area (Å²) in [5.41, 5.74) is 0. The highest BCUT2D eigenvalue weighted by Gasteiger charge is 2.83. The summed E-state index contributed by atoms with van der Waals surface area (Å²) in [6, 6.07) is 0. The number of Topliss-reactive ketones (excluding diaryl/α,β-unsaturated/α-hetero) is 1. The Bertz CT molecular complexity index is 722. The van der Waals surface area contributed by atoms with Crippen LogP contribution in [0.25, 0.3) is 0 Å². The molecule has 31 heavy (non-hydrogen) atoms. The van der Waals surface area contributed by atoms with Gasteiger partial charge in [0.05, 0.1) is 6.26 Å². The molecule has 1 rings (SSSR count). The minimum Gasteiger partial charge on any atom is -0.743 e. The maximum absolute atomic E-state index is 12.2. The molecule has 0 aromatic rings. The molecule has 0 aliphatic heterocycles. The van der Waals surface area contributed by atoms with Gasteiger partial charge in [0.1, 0.15) is 4.75 Å². The number of alkyl halides is 9. The average molecular weight is 514 g/mol. The van der Waals surface area contributed by atoms with Gasteiger partial charge in [0.25, 0.3) is 0 Å². The van der Waals surface area contributed by atoms with Crippen molar-refractivity contribution in [3.05, 3.63) is 0 Å². The molecule has 0 N–H and O–H groups in total. The zero-order valence-electron chi connectivity index (χ0n) is 17.0. The summed E-state index contributed by atoms with van der Waals surface area (Å²) in [7, 11) is -7.18. The molecule has 4 nitrogen and oxygen atoms in total. The van der Waals surface area contributed by atoms with Crippen LogP contribution in [0.5, 0.6) is 0 Å². The van der Waals surface area contributed by atoms with Crippen molar-refractivity contribution in [3.8, 4) is 0 Å². The SMILES string of the molecule is C[S+](CC(=O)C1CCCC1)C(C)(C)C.O=S(=O)([O-])C(F)(F)C(F)(F)C(F)(F)C(F)(F)F. The molecule has 0 heterocycles. The molecular weight excluding hydrogens is 491 g/mol. The molecule has 0 spiro atoms. The monoisotopic (exact) mass is 514 g/mol. The Hall–Kier alpha value is -0.700. The lowest BCUT2D eigenvalue weighted by Gasteiger charge is -2.34. The van der Waals surface area contributed by atoms with Gasteiger partial charge in [0, 0.05) is 5.92 Å². The third-order valence-corrected chi connectivity index (χ3v) is 8.34. The molecule has 0 bridgehead atoms. The second kappa shape index (κ2) is 9.65. The number of halogens is 9. The molecule has 1 fully saturated rings. The highest BCUT2D eigenvalue weighted by Crippen LogP contribution is 2.54. The van der Waals surface area contributed by atoms with E-state index >= 15 is 0 Å². The summed E-state index contributed by atoms with van der Waals surface area (Å²) in [6.45, 7) is 6.70. The Balaban J connectivity index is 0.000000590. The van der Waals surface area contributed by atoms with Crippen molar-refractivity contribution in [3.63, 3.8) is 0 Å². The van der Waals surface area contributed by atoms with Crippen molar-refractivity contribution in [2.45, 2.75) is 74.5 Å². The number of carbonyl (C=O) groups excluding carboxylic acids is 1. The van der Waals surface area contributed by atoms with Gasteiger partial charge in [-0.1, -0.05) is 12.8 Å². The van der Waals surface area contributed by atoms with Gasteiger partial charge in [0.2, 0.25) is 0 Å². The Morgan fingerprint density at radius 1 is 0.903 bits per heavy atom. The second-order valence-electron chi connectivity index (χ2n) is 7.96. The van der Waals surface area contributed by atoms with Crippen LogP contribution in [0.4, 0.5) is 39.5 Å². The van der Waals surface area contributed by atoms with E-state index in [1.54, 1.807) is 0 Å². The topological polar surface area (TPSA) is 74.3 Å². The lowest BCUT2D eigenvalue weighted by Crippen LogP contribution is -2.63. The molecule has 0 aromatic heterocycles. The molecule has 1 saturated carbocycles. The van der Waals surface area contributed by atoms with E-state index in [-0.39, 0.29) is 10.9 Å². The smallest absolute Gasteiger partial charge is 0.460 e. The average Bonchev–Trinajstić information content (AvgIpc) is 3.06. The summed E-state index contributed by atoms with van der Waals surface area (Å²) >= 11 is 0. The molecule has 15 heteroatoms. The summed E-state index contributed by atoms with van der Waals surface area (Å²) in [4.78, 5) is 11.9. The maximum Gasteiger partial charge on any atom is 0.460 e. The standard InChI is InChI=1S/C12H23OS.C4HF9O3S/c1-12(2,3)14(4)9-11(13)10-7-5-6-8-10;5-1(6,3(9,10)11)2(7,8)4(12,13)17(14,15)16/h10H,5-9H2,1-4H3;(H,14,15,16)/q+1;/p-1. The van der Waals surface area contributed by atoms with E-state index < -0.39 is 33.4 Å². The lowest BCUT2D eigenvalue weighted by atomic mass is 10.0. The zero-order chi connectivity index (χ0) is 25.3. The normalized spacial score (nSPS) is 18.4. The number of rotatable bonds is 6. The fourth-order valence-corrected chi connectivity index (χ4v) is 3.85. The van der Waals surface area contributed by atoms with Crippen molar-refractivity contribution < 1.29 is 57.3 Å². The third-order valence-electron chi connectivity index (χ3n) is 4.64. The minimum absolute atomic E-state index is 0.237. The molecular formula is C16H23F9O4S2. The molecule has 0 aromatic carbocycles. The van der Waals surface area contributed by atoms with E-state index in [0.717, 1.165) is 18.6 Å². The first kappa shape index (κ1) is 30.3. The second-order valence-corrected chi connectivity index (χ2v) is 12.2. The van der Waals surface area contributed by atoms with E-state index in [1.807, 2.05) is 0 Å². The quantitative estimate of drug-likeness (QED) is 0.291. The molecule has 186 valence electrons. The number of ketones is 1. The Morgan fingerprint density at radius 3 is 1.58 bits per heavy atom. The Labute approximate surface area is 177 Å². The van der Waals surface area contributed by atoms with E-state index in [2.05, 4.69) is 27.0 Å². The number of hydrogen-bond acceptors (Lipinski definition) is 4. The van der Waals surface area contributed by atoms with Crippen molar-refractivity contribution in [2.75, 3.05) is 12.0 Å². The first-order valence-corrected chi connectivity index (χ1v) is 11.9. The maximum atomic E-state index is 12.2. The molecule has 1 aliphatic carbocycles. The Morgan fingerprint density at radius 2 is 1.29 bits per heavy atom. The largest absolute Gasteiger partial charge is 0.743 e. The van der Waals surface area contributed by atoms with Gasteiger partial charge in [-0.25, -0.2) is 8.42 Å². The highest BCUT2D eigenvalue weighted by molar-refractivity contribution is 7.98. The summed E-state index contributed by atoms with van der Waals surface area (Å²) in [5, 5.41) is -7.11. The predicted molar refractivity (Wildman–Crippen MR) is 95.5 cm³/mol. The van der Waals surface area contributed by atoms with Crippen molar-refractivity contribution in [1.29, 1.82) is 0 Å². The van der Waals surface area contributed by atoms with Gasteiger partial charge >= 0.3 is 23.3 Å². The first-order valence-electron chi connectivity index (χ1n) is 8.72. The van der Waals surface area contributed by atoms with Gasteiger partial charge in [-0.05, 0) is 44.5 Å². The van der Waals surface area contributed by atoms with E-state index in [4.69, 9.17) is 0 Å². The van der Waals surface area contributed by atoms with Crippen LogP contribution in [-0.2, 0) is 25.8 Å². The van der Waals surface area contributed by atoms with Crippen LogP contribution in [0.1, 0.15) is 46.5 Å². The number of hydrogen-bond donors (Lipinski definition) is 0. The molecule has 1 atom stereocenters. The van der Waals surface area contributed by atoms with Crippen LogP contribution in [-0.4, -0.2) is 58.8 Å². The molecule has 0 radical (unpaired) electrons. The molecule has 0 saturated heterocycles. The van der Waals surface area contributed by atoms with Crippen LogP contribution in [0.15, 0.2) is 0 Å². The van der Waals surface area contributed by atoms with Gasteiger partial charge in [-0.2, -0.15) is 39.5 Å². The summed E-state index contributed by atoms with van der Waals surface area (Å²) < 4.78 is 136. The van der Waals surface area contributed by atoms with Crippen LogP contribution in [0, 0.1) is 5.92 Å². The highest BCUT2D eigenvalue weighted by atomic mass is 32.2. The van der Waals surface area contributed by atoms with Gasteiger partial charge in [0.15, 0.2) is 21.7 Å². The van der Waals surface area contributed by atoms with Crippen molar-refractivity contribution in [2.24, 2.45) is 5.92 Å². The summed E-state index contributed by atoms with van der Waals surface area (Å²) in [5.74, 6) is -13.1. The van der Waals surface area contributed by atoms with Crippen LogP contribution < -0.4 is 0 Å². The van der Waals surface area contributed by atoms with Gasteiger partial charge < -0.3 is 4.55 Å². The van der Waals surface area contributed by atoms with Crippen molar-refractivity contribution >= 4 is 26.8 Å². The Kier molecular flexibility index (Phi) is 9.44. The van der Waals surface area contributed by atoms with Crippen LogP contribution in [0.3, 0.4) is 0 Å². The van der Waals surface area contributed by atoms with Gasteiger partial charge in [-0.15, -0.1) is 0 Å². The molecule has 1 aliphatic rings. The first-order chi connectivity index (χ1) is 13.4. The van der Waals surface area contributed by atoms with E-state index in [9.17, 15) is 57.3 Å². The number of carbonyl (C=O) groups is 1. The predicted octanol–water partition coefficient (Wildman–Crippen LogP) is 4.75. The van der Waals surface area contributed by atoms with Crippen LogP contribution in [0.2, 0.25) is 0 Å². The van der Waals surface area contributed by atoms with Gasteiger partial charge in [-0.3, -0.25) is 4.79 Å². The fourth-order valence-electron chi connectivity index (χ4n) is 2.31. The fraction of sp³-hybridized carbons (Fsp3) is 0.938. The van der Waals surface area contributed by atoms with E-state index in [0.29, 0.717) is 16.4 Å². The molecule has 0 amide bonds. The zero-order valence-corrected chi connectivity index (χ0v) is 18.6. The molecule has 1 unspecified atom stereocenters. The van der Waals surface area contributed by atoms with Crippen molar-refractivity contribution in [1.82, 2.24) is 0 Å². The minimum atomic E-state index is -7.43. The van der Waals surface area contributed by atoms with E-state index in [1.165, 1.54) is 12.8 Å². The third kappa shape index (κ3) is 6.89. The van der Waals surface area contributed by atoms with Crippen LogP contribution >= 0.6 is 0 Å².